The first-order valence-corrected chi connectivity index (χ1v) is 11.2. The highest BCUT2D eigenvalue weighted by molar-refractivity contribution is 6.01. The van der Waals surface area contributed by atoms with Crippen LogP contribution in [0.1, 0.15) is 19.8 Å². The minimum Gasteiger partial charge on any atom is -0.492 e. The zero-order valence-electron chi connectivity index (χ0n) is 19.0. The van der Waals surface area contributed by atoms with Crippen LogP contribution in [0.4, 0.5) is 11.4 Å². The quantitative estimate of drug-likeness (QED) is 0.320. The molecule has 3 aromatic rings. The van der Waals surface area contributed by atoms with E-state index in [1.54, 1.807) is 18.3 Å². The summed E-state index contributed by atoms with van der Waals surface area (Å²) in [5.74, 6) is 1.02. The number of aryl methyl sites for hydroxylation is 1. The zero-order valence-corrected chi connectivity index (χ0v) is 19.0. The third-order valence-electron chi connectivity index (χ3n) is 5.81. The van der Waals surface area contributed by atoms with E-state index in [1.807, 2.05) is 42.5 Å². The van der Waals surface area contributed by atoms with Gasteiger partial charge in [-0.3, -0.25) is 15.2 Å². The molecule has 8 heteroatoms. The maximum absolute atomic E-state index is 12.0. The van der Waals surface area contributed by atoms with Gasteiger partial charge in [0.1, 0.15) is 12.4 Å². The summed E-state index contributed by atoms with van der Waals surface area (Å²) in [5.41, 5.74) is 11.1. The zero-order chi connectivity index (χ0) is 23.4. The predicted octanol–water partition coefficient (Wildman–Crippen LogP) is 4.20. The van der Waals surface area contributed by atoms with Crippen LogP contribution in [0.3, 0.4) is 0 Å². The number of aliphatic imine (C=N–C) groups is 1. The largest absolute Gasteiger partial charge is 0.492 e. The van der Waals surface area contributed by atoms with Crippen molar-refractivity contribution in [3.63, 3.8) is 0 Å². The molecule has 0 spiro atoms. The molecule has 33 heavy (non-hydrogen) atoms. The second kappa shape index (κ2) is 9.77. The van der Waals surface area contributed by atoms with Gasteiger partial charge in [0.05, 0.1) is 36.1 Å². The number of nitrogens with one attached hydrogen (secondary N) is 2. The predicted molar refractivity (Wildman–Crippen MR) is 134 cm³/mol. The highest BCUT2D eigenvalue weighted by Gasteiger charge is 2.29. The van der Waals surface area contributed by atoms with Crippen molar-refractivity contribution >= 4 is 40.9 Å². The molecule has 0 saturated heterocycles. The minimum atomic E-state index is 0.100. The number of amides is 1. The third-order valence-corrected chi connectivity index (χ3v) is 5.81. The van der Waals surface area contributed by atoms with Gasteiger partial charge in [0, 0.05) is 42.2 Å². The van der Waals surface area contributed by atoms with Gasteiger partial charge in [-0.25, -0.2) is 0 Å². The molecule has 1 heterocycles. The van der Waals surface area contributed by atoms with Crippen LogP contribution in [-0.4, -0.2) is 48.3 Å². The Morgan fingerprint density at radius 1 is 1.30 bits per heavy atom. The minimum absolute atomic E-state index is 0.100. The van der Waals surface area contributed by atoms with Crippen LogP contribution in [0.5, 0.6) is 5.75 Å². The van der Waals surface area contributed by atoms with Crippen LogP contribution in [0.25, 0.3) is 22.2 Å². The molecule has 4 N–H and O–H groups in total. The van der Waals surface area contributed by atoms with Gasteiger partial charge in [0.15, 0.2) is 0 Å². The standard InChI is InChI=1S/C25H30N6O2/c1-3-31-22-14-20(33-13-12-30(15-26)16-28-2)10-11-21(22)23(27)24(31)17-6-8-19(9-7-17)29-25(32)18-4-5-18/h6-11,14-16,18,26H,3-5,12-13,27H2,1-2H3,(H,29,32). The molecule has 1 saturated carbocycles. The van der Waals surface area contributed by atoms with E-state index in [2.05, 4.69) is 21.8 Å². The average Bonchev–Trinajstić information content (AvgIpc) is 3.64. The number of carbonyl (C=O) groups is 1. The number of aromatic nitrogens is 1. The molecule has 1 amide bonds. The van der Waals surface area contributed by atoms with E-state index in [9.17, 15) is 4.79 Å². The first-order chi connectivity index (χ1) is 16.0. The van der Waals surface area contributed by atoms with E-state index in [1.165, 1.54) is 6.34 Å². The van der Waals surface area contributed by atoms with Crippen LogP contribution in [0.2, 0.25) is 0 Å². The second-order valence-corrected chi connectivity index (χ2v) is 8.12. The molecule has 4 rings (SSSR count). The first-order valence-electron chi connectivity index (χ1n) is 11.2. The Labute approximate surface area is 193 Å². The number of ether oxygens (including phenoxy) is 1. The number of hydrogen-bond donors (Lipinski definition) is 3. The van der Waals surface area contributed by atoms with E-state index >= 15 is 0 Å². The summed E-state index contributed by atoms with van der Waals surface area (Å²) in [5, 5.41) is 11.4. The number of rotatable bonds is 10. The molecule has 0 atom stereocenters. The SMILES string of the molecule is CCn1c(-c2ccc(NC(=O)C3CC3)cc2)c(N)c2ccc(OCCN(C=N)C=NC)cc21. The number of fused-ring (bicyclic) bond motifs is 1. The Morgan fingerprint density at radius 3 is 2.70 bits per heavy atom. The number of carbonyl (C=O) groups excluding carboxylic acids is 1. The number of nitrogen functional groups attached to an aromatic ring is 1. The normalized spacial score (nSPS) is 13.4. The van der Waals surface area contributed by atoms with Crippen molar-refractivity contribution in [2.45, 2.75) is 26.3 Å². The van der Waals surface area contributed by atoms with Crippen molar-refractivity contribution in [3.8, 4) is 17.0 Å². The van der Waals surface area contributed by atoms with E-state index in [0.717, 1.165) is 58.7 Å². The van der Waals surface area contributed by atoms with E-state index in [0.29, 0.717) is 13.2 Å². The van der Waals surface area contributed by atoms with Gasteiger partial charge in [0.2, 0.25) is 5.91 Å². The van der Waals surface area contributed by atoms with Gasteiger partial charge in [-0.05, 0) is 44.0 Å². The van der Waals surface area contributed by atoms with Gasteiger partial charge in [-0.15, -0.1) is 0 Å². The van der Waals surface area contributed by atoms with E-state index < -0.39 is 0 Å². The van der Waals surface area contributed by atoms with Crippen molar-refractivity contribution in [2.75, 3.05) is 31.2 Å². The molecule has 1 fully saturated rings. The van der Waals surface area contributed by atoms with Crippen molar-refractivity contribution in [1.82, 2.24) is 9.47 Å². The lowest BCUT2D eigenvalue weighted by Crippen LogP contribution is -2.25. The molecule has 0 bridgehead atoms. The topological polar surface area (TPSA) is 109 Å². The summed E-state index contributed by atoms with van der Waals surface area (Å²) in [4.78, 5) is 17.6. The fourth-order valence-electron chi connectivity index (χ4n) is 3.96. The van der Waals surface area contributed by atoms with Gasteiger partial charge in [-0.2, -0.15) is 0 Å². The molecule has 8 nitrogen and oxygen atoms in total. The molecule has 0 aliphatic heterocycles. The molecule has 1 aromatic heterocycles. The lowest BCUT2D eigenvalue weighted by atomic mass is 10.1. The van der Waals surface area contributed by atoms with Gasteiger partial charge in [-0.1, -0.05) is 12.1 Å². The molecule has 2 aromatic carbocycles. The Hall–Kier alpha value is -3.81. The fourth-order valence-corrected chi connectivity index (χ4v) is 3.96. The molecule has 0 unspecified atom stereocenters. The van der Waals surface area contributed by atoms with Crippen LogP contribution in [0, 0.1) is 11.3 Å². The van der Waals surface area contributed by atoms with Crippen LogP contribution >= 0.6 is 0 Å². The third kappa shape index (κ3) is 4.84. The number of nitrogens with two attached hydrogens (primary N) is 1. The number of anilines is 2. The van der Waals surface area contributed by atoms with Gasteiger partial charge in [0.25, 0.3) is 0 Å². The molecule has 1 aliphatic rings. The monoisotopic (exact) mass is 446 g/mol. The molecule has 0 radical (unpaired) electrons. The number of nitrogens with zero attached hydrogens (tertiary/aromatic N) is 3. The second-order valence-electron chi connectivity index (χ2n) is 8.12. The Kier molecular flexibility index (Phi) is 6.63. The van der Waals surface area contributed by atoms with Crippen LogP contribution < -0.4 is 15.8 Å². The summed E-state index contributed by atoms with van der Waals surface area (Å²) < 4.78 is 8.11. The highest BCUT2D eigenvalue weighted by atomic mass is 16.5. The lowest BCUT2D eigenvalue weighted by molar-refractivity contribution is -0.117. The van der Waals surface area contributed by atoms with Crippen LogP contribution in [0.15, 0.2) is 47.5 Å². The number of hydrogen-bond acceptors (Lipinski definition) is 5. The van der Waals surface area contributed by atoms with Crippen molar-refractivity contribution in [2.24, 2.45) is 10.9 Å². The van der Waals surface area contributed by atoms with E-state index in [4.69, 9.17) is 15.9 Å². The fraction of sp³-hybridized carbons (Fsp3) is 0.320. The summed E-state index contributed by atoms with van der Waals surface area (Å²) in [7, 11) is 1.67. The molecule has 172 valence electrons. The summed E-state index contributed by atoms with van der Waals surface area (Å²) in [6.07, 6.45) is 4.78. The Morgan fingerprint density at radius 2 is 2.06 bits per heavy atom. The maximum Gasteiger partial charge on any atom is 0.227 e. The summed E-state index contributed by atoms with van der Waals surface area (Å²) in [6.45, 7) is 3.80. The van der Waals surface area contributed by atoms with Gasteiger partial charge < -0.3 is 25.3 Å². The van der Waals surface area contributed by atoms with E-state index in [-0.39, 0.29) is 11.8 Å². The Bertz CT molecular complexity index is 1180. The Balaban J connectivity index is 1.56. The molecular formula is C25H30N6O2. The summed E-state index contributed by atoms with van der Waals surface area (Å²) in [6, 6.07) is 13.8. The van der Waals surface area contributed by atoms with Crippen molar-refractivity contribution < 1.29 is 9.53 Å². The van der Waals surface area contributed by atoms with Crippen molar-refractivity contribution in [3.05, 3.63) is 42.5 Å². The van der Waals surface area contributed by atoms with Crippen molar-refractivity contribution in [1.29, 1.82) is 5.41 Å². The highest BCUT2D eigenvalue weighted by Crippen LogP contribution is 2.38. The maximum atomic E-state index is 12.0. The van der Waals surface area contributed by atoms with Gasteiger partial charge >= 0.3 is 0 Å². The lowest BCUT2D eigenvalue weighted by Gasteiger charge is -2.14. The summed E-state index contributed by atoms with van der Waals surface area (Å²) >= 11 is 0. The molecular weight excluding hydrogens is 416 g/mol. The number of benzene rings is 2. The smallest absolute Gasteiger partial charge is 0.227 e. The molecule has 1 aliphatic carbocycles. The van der Waals surface area contributed by atoms with Crippen LogP contribution in [-0.2, 0) is 11.3 Å². The average molecular weight is 447 g/mol. The first kappa shape index (κ1) is 22.4.